The van der Waals surface area contributed by atoms with E-state index in [9.17, 15) is 17.1 Å². The van der Waals surface area contributed by atoms with Gasteiger partial charge in [-0.3, -0.25) is 9.69 Å². The minimum absolute atomic E-state index is 0.131. The highest BCUT2D eigenvalue weighted by molar-refractivity contribution is 7.87. The van der Waals surface area contributed by atoms with Gasteiger partial charge in [-0.1, -0.05) is 0 Å². The summed E-state index contributed by atoms with van der Waals surface area (Å²) in [7, 11) is -4.68. The van der Waals surface area contributed by atoms with Gasteiger partial charge in [0.2, 0.25) is 11.9 Å². The maximum Gasteiger partial charge on any atom is 0.307 e. The number of nitrogens with one attached hydrogen (secondary N) is 1. The van der Waals surface area contributed by atoms with Crippen molar-refractivity contribution in [3.63, 3.8) is 0 Å². The second kappa shape index (κ2) is 3.26. The number of nitrogens with zero attached hydrogens (tertiary/aromatic N) is 3. The number of carbonyl (C=O) groups is 1. The Bertz CT molecular complexity index is 471. The van der Waals surface area contributed by atoms with Crippen molar-refractivity contribution in [3.8, 4) is 0 Å². The number of hydrogen-bond donors (Lipinski definition) is 1. The number of H-pyrrole nitrogens is 1. The molecule has 1 amide bonds. The molecule has 1 aromatic heterocycles. The maximum absolute atomic E-state index is 12.6. The average Bonchev–Trinajstić information content (AvgIpc) is 2.69. The van der Waals surface area contributed by atoms with Crippen LogP contribution in [-0.4, -0.2) is 41.3 Å². The molecule has 1 unspecified atom stereocenters. The van der Waals surface area contributed by atoms with Gasteiger partial charge < -0.3 is 0 Å². The lowest BCUT2D eigenvalue weighted by atomic mass is 10.4. The number of rotatable bonds is 2. The summed E-state index contributed by atoms with van der Waals surface area (Å²) in [5.74, 6) is -0.357. The molecular formula is C6H7FN4O3S. The lowest BCUT2D eigenvalue weighted by Crippen LogP contribution is -2.27. The summed E-state index contributed by atoms with van der Waals surface area (Å²) in [5.41, 5.74) is 0. The third-order valence-corrected chi connectivity index (χ3v) is 3.26. The molecule has 0 bridgehead atoms. The summed E-state index contributed by atoms with van der Waals surface area (Å²) in [6.07, 6.45) is 0.819. The Morgan fingerprint density at radius 2 is 2.33 bits per heavy atom. The van der Waals surface area contributed by atoms with Crippen LogP contribution in [0.25, 0.3) is 0 Å². The van der Waals surface area contributed by atoms with E-state index in [1.807, 2.05) is 0 Å². The summed E-state index contributed by atoms with van der Waals surface area (Å²) in [6, 6.07) is 0. The zero-order valence-electron chi connectivity index (χ0n) is 7.42. The zero-order valence-corrected chi connectivity index (χ0v) is 8.24. The SMILES string of the molecule is O=C1CC(S(=O)(=O)F)CN1c1ncn[nH]1. The average molecular weight is 234 g/mol. The standard InChI is InChI=1S/C6H7FN4O3S/c7-15(13,14)4-1-5(12)11(2-4)6-8-3-9-10-6/h3-4H,1-2H2,(H,8,9,10). The van der Waals surface area contributed by atoms with Crippen molar-refractivity contribution in [1.29, 1.82) is 0 Å². The van der Waals surface area contributed by atoms with Crippen molar-refractivity contribution in [1.82, 2.24) is 15.2 Å². The maximum atomic E-state index is 12.6. The van der Waals surface area contributed by atoms with Gasteiger partial charge >= 0.3 is 10.2 Å². The first-order valence-corrected chi connectivity index (χ1v) is 5.52. The monoisotopic (exact) mass is 234 g/mol. The van der Waals surface area contributed by atoms with Crippen molar-refractivity contribution in [2.45, 2.75) is 11.7 Å². The smallest absolute Gasteiger partial charge is 0.280 e. The highest BCUT2D eigenvalue weighted by Gasteiger charge is 2.40. The van der Waals surface area contributed by atoms with Crippen LogP contribution in [0.2, 0.25) is 0 Å². The lowest BCUT2D eigenvalue weighted by molar-refractivity contribution is -0.117. The molecule has 1 aromatic rings. The second-order valence-corrected chi connectivity index (χ2v) is 4.73. The first-order valence-electron chi connectivity index (χ1n) is 4.07. The predicted molar refractivity (Wildman–Crippen MR) is 47.2 cm³/mol. The predicted octanol–water partition coefficient (Wildman–Crippen LogP) is -0.791. The van der Waals surface area contributed by atoms with E-state index in [4.69, 9.17) is 0 Å². The molecule has 2 rings (SSSR count). The van der Waals surface area contributed by atoms with E-state index in [2.05, 4.69) is 15.2 Å². The normalized spacial score (nSPS) is 22.3. The molecule has 1 aliphatic rings. The first kappa shape index (κ1) is 10.0. The fourth-order valence-electron chi connectivity index (χ4n) is 1.40. The number of halogens is 1. The van der Waals surface area contributed by atoms with E-state index in [-0.39, 0.29) is 18.9 Å². The topological polar surface area (TPSA) is 96.0 Å². The van der Waals surface area contributed by atoms with Gasteiger partial charge in [-0.25, -0.2) is 5.10 Å². The third-order valence-electron chi connectivity index (χ3n) is 2.15. The molecule has 1 atom stereocenters. The largest absolute Gasteiger partial charge is 0.307 e. The van der Waals surface area contributed by atoms with Crippen LogP contribution in [0, 0.1) is 0 Å². The van der Waals surface area contributed by atoms with Crippen LogP contribution in [0.3, 0.4) is 0 Å². The molecule has 1 saturated heterocycles. The molecule has 1 N–H and O–H groups in total. The molecule has 0 aromatic carbocycles. The summed E-state index contributed by atoms with van der Waals surface area (Å²) in [4.78, 5) is 16.1. The van der Waals surface area contributed by atoms with Gasteiger partial charge in [-0.2, -0.15) is 18.5 Å². The van der Waals surface area contributed by atoms with Crippen LogP contribution in [-0.2, 0) is 15.0 Å². The van der Waals surface area contributed by atoms with Crippen molar-refractivity contribution in [3.05, 3.63) is 6.33 Å². The van der Waals surface area contributed by atoms with Gasteiger partial charge in [-0.05, 0) is 0 Å². The van der Waals surface area contributed by atoms with Gasteiger partial charge in [-0.15, -0.1) is 3.89 Å². The highest BCUT2D eigenvalue weighted by atomic mass is 32.3. The Kier molecular flexibility index (Phi) is 2.18. The lowest BCUT2D eigenvalue weighted by Gasteiger charge is -2.10. The summed E-state index contributed by atoms with van der Waals surface area (Å²) in [6.45, 7) is -0.229. The molecule has 1 aliphatic heterocycles. The van der Waals surface area contributed by atoms with Crippen molar-refractivity contribution < 1.29 is 17.1 Å². The molecule has 2 heterocycles. The van der Waals surface area contributed by atoms with Gasteiger partial charge in [0.25, 0.3) is 0 Å². The number of anilines is 1. The van der Waals surface area contributed by atoms with Gasteiger partial charge in [0.1, 0.15) is 11.6 Å². The zero-order chi connectivity index (χ0) is 11.1. The van der Waals surface area contributed by atoms with Crippen molar-refractivity contribution in [2.75, 3.05) is 11.4 Å². The fourth-order valence-corrected chi connectivity index (χ4v) is 2.07. The minimum Gasteiger partial charge on any atom is -0.280 e. The van der Waals surface area contributed by atoms with E-state index in [1.165, 1.54) is 6.33 Å². The Labute approximate surface area is 84.5 Å². The fraction of sp³-hybridized carbons (Fsp3) is 0.500. The number of carbonyl (C=O) groups excluding carboxylic acids is 1. The van der Waals surface area contributed by atoms with Crippen LogP contribution in [0.4, 0.5) is 9.83 Å². The molecule has 0 aliphatic carbocycles. The number of aromatic amines is 1. The summed E-state index contributed by atoms with van der Waals surface area (Å²) >= 11 is 0. The molecule has 1 fully saturated rings. The molecule has 82 valence electrons. The van der Waals surface area contributed by atoms with E-state index < -0.39 is 21.4 Å². The number of aromatic nitrogens is 3. The van der Waals surface area contributed by atoms with E-state index in [0.717, 1.165) is 4.90 Å². The summed E-state index contributed by atoms with van der Waals surface area (Å²) in [5, 5.41) is 4.61. The van der Waals surface area contributed by atoms with E-state index in [0.29, 0.717) is 0 Å². The summed E-state index contributed by atoms with van der Waals surface area (Å²) < 4.78 is 33.8. The number of hydrogen-bond acceptors (Lipinski definition) is 5. The molecule has 0 spiro atoms. The second-order valence-electron chi connectivity index (χ2n) is 3.12. The third kappa shape index (κ3) is 1.82. The van der Waals surface area contributed by atoms with Crippen molar-refractivity contribution in [2.24, 2.45) is 0 Å². The van der Waals surface area contributed by atoms with E-state index in [1.54, 1.807) is 0 Å². The van der Waals surface area contributed by atoms with Gasteiger partial charge in [0.05, 0.1) is 0 Å². The Hall–Kier alpha value is -1.51. The van der Waals surface area contributed by atoms with Gasteiger partial charge in [0, 0.05) is 13.0 Å². The Balaban J connectivity index is 2.23. The quantitative estimate of drug-likeness (QED) is 0.676. The molecule has 7 nitrogen and oxygen atoms in total. The minimum atomic E-state index is -4.68. The van der Waals surface area contributed by atoms with E-state index >= 15 is 0 Å². The van der Waals surface area contributed by atoms with Crippen LogP contribution in [0.15, 0.2) is 6.33 Å². The molecule has 0 radical (unpaired) electrons. The van der Waals surface area contributed by atoms with Crippen LogP contribution in [0.1, 0.15) is 6.42 Å². The Morgan fingerprint density at radius 3 is 2.80 bits per heavy atom. The van der Waals surface area contributed by atoms with Crippen LogP contribution < -0.4 is 4.90 Å². The van der Waals surface area contributed by atoms with Crippen LogP contribution >= 0.6 is 0 Å². The van der Waals surface area contributed by atoms with Crippen LogP contribution in [0.5, 0.6) is 0 Å². The van der Waals surface area contributed by atoms with Gasteiger partial charge in [0.15, 0.2) is 0 Å². The number of amides is 1. The molecule has 9 heteroatoms. The first-order chi connectivity index (χ1) is 6.98. The Morgan fingerprint density at radius 1 is 1.60 bits per heavy atom. The molecule has 0 saturated carbocycles. The molecular weight excluding hydrogens is 227 g/mol. The highest BCUT2D eigenvalue weighted by Crippen LogP contribution is 2.22. The molecule has 15 heavy (non-hydrogen) atoms. The van der Waals surface area contributed by atoms with Crippen molar-refractivity contribution >= 4 is 22.1 Å².